The van der Waals surface area contributed by atoms with E-state index in [0.29, 0.717) is 24.3 Å². The highest BCUT2D eigenvalue weighted by Gasteiger charge is 2.33. The van der Waals surface area contributed by atoms with E-state index in [-0.39, 0.29) is 46.3 Å². The third-order valence-corrected chi connectivity index (χ3v) is 5.81. The number of aromatic amines is 1. The van der Waals surface area contributed by atoms with Gasteiger partial charge in [0, 0.05) is 23.0 Å². The van der Waals surface area contributed by atoms with E-state index in [2.05, 4.69) is 25.3 Å². The molecule has 2 N–H and O–H groups in total. The third kappa shape index (κ3) is 5.67. The molecule has 0 radical (unpaired) electrons. The van der Waals surface area contributed by atoms with Crippen LogP contribution < -0.4 is 10.7 Å². The van der Waals surface area contributed by atoms with E-state index in [0.717, 1.165) is 6.07 Å². The van der Waals surface area contributed by atoms with Crippen molar-refractivity contribution in [2.75, 3.05) is 25.0 Å². The highest BCUT2D eigenvalue weighted by Crippen LogP contribution is 2.34. The van der Waals surface area contributed by atoms with Crippen LogP contribution in [0.2, 0.25) is 0 Å². The van der Waals surface area contributed by atoms with E-state index >= 15 is 0 Å². The maximum Gasteiger partial charge on any atom is 0.433 e. The van der Waals surface area contributed by atoms with Gasteiger partial charge in [-0.1, -0.05) is 44.2 Å². The maximum absolute atomic E-state index is 13.5. The topological polar surface area (TPSA) is 104 Å². The minimum absolute atomic E-state index is 0.0285. The standard InChI is InChI=1S/C26H25F3N6O2/c1-4-35(5-2)14-20(36)32-18-13-30-25-23(24(18)37)33-22(21(34-25)16-9-7-6-8-10-16)17-11-15(3)31-19(12-17)26(27,28)29/h6-13H,4-5,14H2,1-3H3,(H,32,36)(H,30,34,37). The predicted molar refractivity (Wildman–Crippen MR) is 135 cm³/mol. The van der Waals surface area contributed by atoms with Gasteiger partial charge in [-0.2, -0.15) is 13.2 Å². The zero-order valence-corrected chi connectivity index (χ0v) is 20.5. The Morgan fingerprint density at radius 3 is 2.32 bits per heavy atom. The average molecular weight is 511 g/mol. The lowest BCUT2D eigenvalue weighted by molar-refractivity contribution is -0.141. The Morgan fingerprint density at radius 2 is 1.68 bits per heavy atom. The molecular formula is C26H25F3N6O2. The molecule has 4 aromatic rings. The number of anilines is 1. The van der Waals surface area contributed by atoms with Crippen molar-refractivity contribution in [2.45, 2.75) is 26.9 Å². The minimum atomic E-state index is -4.67. The van der Waals surface area contributed by atoms with Gasteiger partial charge in [-0.05, 0) is 32.1 Å². The number of hydrogen-bond acceptors (Lipinski definition) is 6. The van der Waals surface area contributed by atoms with Crippen molar-refractivity contribution in [3.63, 3.8) is 0 Å². The molecule has 1 aromatic carbocycles. The summed E-state index contributed by atoms with van der Waals surface area (Å²) in [5, 5.41) is 2.59. The molecule has 0 unspecified atom stereocenters. The summed E-state index contributed by atoms with van der Waals surface area (Å²) in [4.78, 5) is 43.2. The molecule has 0 aliphatic rings. The van der Waals surface area contributed by atoms with Gasteiger partial charge in [0.25, 0.3) is 0 Å². The Balaban J connectivity index is 1.89. The molecule has 8 nitrogen and oxygen atoms in total. The molecule has 11 heteroatoms. The fourth-order valence-electron chi connectivity index (χ4n) is 3.91. The van der Waals surface area contributed by atoms with E-state index < -0.39 is 17.3 Å². The first-order valence-corrected chi connectivity index (χ1v) is 11.7. The molecule has 0 aliphatic carbocycles. The fourth-order valence-corrected chi connectivity index (χ4v) is 3.91. The monoisotopic (exact) mass is 510 g/mol. The number of hydrogen-bond donors (Lipinski definition) is 2. The lowest BCUT2D eigenvalue weighted by Gasteiger charge is -2.17. The van der Waals surface area contributed by atoms with Gasteiger partial charge in [0.05, 0.1) is 17.9 Å². The number of benzene rings is 1. The summed E-state index contributed by atoms with van der Waals surface area (Å²) in [6.07, 6.45) is -3.33. The van der Waals surface area contributed by atoms with Crippen LogP contribution in [0.3, 0.4) is 0 Å². The van der Waals surface area contributed by atoms with E-state index in [9.17, 15) is 22.8 Å². The Labute approximate surface area is 210 Å². The van der Waals surface area contributed by atoms with Crippen LogP contribution in [0.15, 0.2) is 53.5 Å². The number of carbonyl (C=O) groups is 1. The van der Waals surface area contributed by atoms with Crippen LogP contribution in [0, 0.1) is 6.92 Å². The van der Waals surface area contributed by atoms with Gasteiger partial charge in [0.1, 0.15) is 11.4 Å². The summed E-state index contributed by atoms with van der Waals surface area (Å²) in [5.74, 6) is -0.373. The number of pyridine rings is 2. The van der Waals surface area contributed by atoms with Crippen molar-refractivity contribution in [1.29, 1.82) is 0 Å². The van der Waals surface area contributed by atoms with Crippen molar-refractivity contribution < 1.29 is 18.0 Å². The number of aromatic nitrogens is 4. The predicted octanol–water partition coefficient (Wildman–Crippen LogP) is 4.65. The number of carbonyl (C=O) groups excluding carboxylic acids is 1. The van der Waals surface area contributed by atoms with Crippen LogP contribution in [0.4, 0.5) is 18.9 Å². The number of fused-ring (bicyclic) bond motifs is 1. The maximum atomic E-state index is 13.5. The number of nitrogens with one attached hydrogen (secondary N) is 2. The molecule has 0 saturated carbocycles. The number of amides is 1. The first kappa shape index (κ1) is 26.0. The molecule has 0 fully saturated rings. The second-order valence-corrected chi connectivity index (χ2v) is 8.41. The fraction of sp³-hybridized carbons (Fsp3) is 0.269. The van der Waals surface area contributed by atoms with Gasteiger partial charge in [-0.3, -0.25) is 14.5 Å². The van der Waals surface area contributed by atoms with Gasteiger partial charge < -0.3 is 10.3 Å². The number of aryl methyl sites for hydroxylation is 1. The van der Waals surface area contributed by atoms with Gasteiger partial charge in [-0.15, -0.1) is 0 Å². The quantitative estimate of drug-likeness (QED) is 0.375. The number of alkyl halides is 3. The summed E-state index contributed by atoms with van der Waals surface area (Å²) < 4.78 is 40.6. The van der Waals surface area contributed by atoms with Gasteiger partial charge in [0.15, 0.2) is 11.2 Å². The highest BCUT2D eigenvalue weighted by molar-refractivity contribution is 5.94. The summed E-state index contributed by atoms with van der Waals surface area (Å²) in [5.41, 5.74) is -0.444. The molecule has 3 heterocycles. The second-order valence-electron chi connectivity index (χ2n) is 8.41. The van der Waals surface area contributed by atoms with Crippen LogP contribution in [0.25, 0.3) is 33.7 Å². The molecule has 37 heavy (non-hydrogen) atoms. The first-order valence-electron chi connectivity index (χ1n) is 11.7. The smallest absolute Gasteiger partial charge is 0.343 e. The Hall–Kier alpha value is -4.12. The molecule has 0 aliphatic heterocycles. The Morgan fingerprint density at radius 1 is 1.00 bits per heavy atom. The third-order valence-electron chi connectivity index (χ3n) is 5.81. The van der Waals surface area contributed by atoms with Crippen LogP contribution in [0.1, 0.15) is 25.2 Å². The van der Waals surface area contributed by atoms with Crippen molar-refractivity contribution in [3.05, 3.63) is 70.3 Å². The van der Waals surface area contributed by atoms with Crippen molar-refractivity contribution in [2.24, 2.45) is 0 Å². The summed E-state index contributed by atoms with van der Waals surface area (Å²) in [6.45, 7) is 6.73. The summed E-state index contributed by atoms with van der Waals surface area (Å²) >= 11 is 0. The molecular weight excluding hydrogens is 485 g/mol. The van der Waals surface area contributed by atoms with E-state index in [4.69, 9.17) is 0 Å². The Kier molecular flexibility index (Phi) is 7.35. The van der Waals surface area contributed by atoms with E-state index in [1.54, 1.807) is 30.3 Å². The lowest BCUT2D eigenvalue weighted by Crippen LogP contribution is -2.34. The molecule has 1 amide bonds. The largest absolute Gasteiger partial charge is 0.433 e. The van der Waals surface area contributed by atoms with Gasteiger partial charge in [-0.25, -0.2) is 15.0 Å². The molecule has 0 spiro atoms. The van der Waals surface area contributed by atoms with Crippen LogP contribution in [-0.2, 0) is 11.0 Å². The average Bonchev–Trinajstić information content (AvgIpc) is 2.88. The highest BCUT2D eigenvalue weighted by atomic mass is 19.4. The number of halogens is 3. The lowest BCUT2D eigenvalue weighted by atomic mass is 10.0. The zero-order valence-electron chi connectivity index (χ0n) is 20.5. The van der Waals surface area contributed by atoms with E-state index in [1.165, 1.54) is 19.2 Å². The number of likely N-dealkylation sites (N-methyl/N-ethyl adjacent to an activating group) is 1. The first-order chi connectivity index (χ1) is 17.6. The second kappa shape index (κ2) is 10.5. The molecule has 0 saturated heterocycles. The van der Waals surface area contributed by atoms with Gasteiger partial charge in [0.2, 0.25) is 11.3 Å². The minimum Gasteiger partial charge on any atom is -0.343 e. The zero-order chi connectivity index (χ0) is 26.7. The van der Waals surface area contributed by atoms with Crippen molar-refractivity contribution in [1.82, 2.24) is 24.8 Å². The van der Waals surface area contributed by atoms with Crippen molar-refractivity contribution in [3.8, 4) is 22.5 Å². The normalized spacial score (nSPS) is 11.8. The Bertz CT molecular complexity index is 1500. The van der Waals surface area contributed by atoms with Crippen LogP contribution in [0.5, 0.6) is 0 Å². The number of H-pyrrole nitrogens is 1. The van der Waals surface area contributed by atoms with Gasteiger partial charge >= 0.3 is 6.18 Å². The summed E-state index contributed by atoms with van der Waals surface area (Å²) in [7, 11) is 0. The summed E-state index contributed by atoms with van der Waals surface area (Å²) in [6, 6.07) is 11.2. The molecule has 4 rings (SSSR count). The molecule has 0 atom stereocenters. The number of rotatable bonds is 7. The molecule has 3 aromatic heterocycles. The van der Waals surface area contributed by atoms with Crippen molar-refractivity contribution >= 4 is 22.8 Å². The molecule has 0 bridgehead atoms. The number of nitrogens with zero attached hydrogens (tertiary/aromatic N) is 4. The van der Waals surface area contributed by atoms with Crippen LogP contribution >= 0.6 is 0 Å². The van der Waals surface area contributed by atoms with Crippen LogP contribution in [-0.4, -0.2) is 50.4 Å². The molecule has 192 valence electrons. The SMILES string of the molecule is CCN(CC)CC(=O)Nc1c[nH]c2nc(-c3ccccc3)c(-c3cc(C)nc(C(F)(F)F)c3)nc2c1=O. The van der Waals surface area contributed by atoms with E-state index in [1.807, 2.05) is 18.7 Å².